The number of piperidine rings is 1. The van der Waals surface area contributed by atoms with Crippen LogP contribution in [0.5, 0.6) is 0 Å². The lowest BCUT2D eigenvalue weighted by molar-refractivity contribution is -0.142. The Morgan fingerprint density at radius 3 is 2.88 bits per heavy atom. The second kappa shape index (κ2) is 6.01. The summed E-state index contributed by atoms with van der Waals surface area (Å²) in [4.78, 5) is 14.4. The molecule has 0 aromatic carbocycles. The summed E-state index contributed by atoms with van der Waals surface area (Å²) in [5.74, 6) is 0.442. The number of amides is 1. The average Bonchev–Trinajstić information content (AvgIpc) is 2.39. The molecule has 92 valence electrons. The first-order chi connectivity index (χ1) is 7.83. The third kappa shape index (κ3) is 2.77. The van der Waals surface area contributed by atoms with Gasteiger partial charge in [-0.15, -0.1) is 0 Å². The van der Waals surface area contributed by atoms with E-state index in [2.05, 4.69) is 20.8 Å². The Labute approximate surface area is 106 Å². The van der Waals surface area contributed by atoms with Crippen molar-refractivity contribution in [3.05, 3.63) is 0 Å². The fourth-order valence-corrected chi connectivity index (χ4v) is 3.29. The molecule has 0 aromatic heterocycles. The van der Waals surface area contributed by atoms with E-state index in [4.69, 9.17) is 4.74 Å². The van der Waals surface area contributed by atoms with Crippen LogP contribution in [-0.4, -0.2) is 41.9 Å². The van der Waals surface area contributed by atoms with E-state index >= 15 is 0 Å². The second-order valence-corrected chi connectivity index (χ2v) is 5.40. The van der Waals surface area contributed by atoms with Crippen LogP contribution in [0.15, 0.2) is 0 Å². The van der Waals surface area contributed by atoms with E-state index in [1.54, 1.807) is 0 Å². The summed E-state index contributed by atoms with van der Waals surface area (Å²) in [6.45, 7) is 2.39. The highest BCUT2D eigenvalue weighted by Gasteiger charge is 2.31. The molecule has 0 bridgehead atoms. The van der Waals surface area contributed by atoms with Gasteiger partial charge in [0.1, 0.15) is 0 Å². The minimum Gasteiger partial charge on any atom is -0.381 e. The molecule has 2 unspecified atom stereocenters. The third-order valence-electron chi connectivity index (χ3n) is 3.60. The van der Waals surface area contributed by atoms with Crippen molar-refractivity contribution in [1.82, 2.24) is 4.90 Å². The normalized spacial score (nSPS) is 31.4. The van der Waals surface area contributed by atoms with Crippen LogP contribution in [0.2, 0.25) is 0 Å². The van der Waals surface area contributed by atoms with Crippen molar-refractivity contribution < 1.29 is 9.53 Å². The van der Waals surface area contributed by atoms with Crippen molar-refractivity contribution in [2.75, 3.05) is 25.1 Å². The fraction of sp³-hybridized carbons (Fsp3) is 0.917. The van der Waals surface area contributed by atoms with Gasteiger partial charge in [-0.05, 0) is 32.1 Å². The molecule has 3 nitrogen and oxygen atoms in total. The summed E-state index contributed by atoms with van der Waals surface area (Å²) in [6.07, 6.45) is 5.59. The summed E-state index contributed by atoms with van der Waals surface area (Å²) in [5, 5.41) is 0.909. The molecule has 1 amide bonds. The van der Waals surface area contributed by atoms with Gasteiger partial charge >= 0.3 is 0 Å². The molecule has 16 heavy (non-hydrogen) atoms. The van der Waals surface area contributed by atoms with E-state index in [1.807, 2.05) is 0 Å². The van der Waals surface area contributed by atoms with E-state index in [0.717, 1.165) is 44.2 Å². The summed E-state index contributed by atoms with van der Waals surface area (Å²) >= 11 is 3.52. The van der Waals surface area contributed by atoms with Crippen LogP contribution in [0.25, 0.3) is 0 Å². The summed E-state index contributed by atoms with van der Waals surface area (Å²) in [5.41, 5.74) is 0. The topological polar surface area (TPSA) is 29.5 Å². The molecule has 2 aliphatic rings. The third-order valence-corrected chi connectivity index (χ3v) is 4.35. The molecule has 2 saturated heterocycles. The van der Waals surface area contributed by atoms with Crippen molar-refractivity contribution in [3.8, 4) is 0 Å². The average molecular weight is 290 g/mol. The molecular formula is C12H20BrNO2. The maximum Gasteiger partial charge on any atom is 0.228 e. The first-order valence-corrected chi connectivity index (χ1v) is 7.39. The Bertz CT molecular complexity index is 241. The molecule has 0 aromatic rings. The number of halogens is 1. The summed E-state index contributed by atoms with van der Waals surface area (Å²) in [7, 11) is 0. The van der Waals surface area contributed by atoms with Crippen LogP contribution < -0.4 is 0 Å². The smallest absolute Gasteiger partial charge is 0.228 e. The van der Waals surface area contributed by atoms with Crippen LogP contribution in [0.4, 0.5) is 0 Å². The molecular weight excluding hydrogens is 270 g/mol. The predicted octanol–water partition coefficient (Wildman–Crippen LogP) is 2.19. The Morgan fingerprint density at radius 1 is 1.31 bits per heavy atom. The molecule has 2 atom stereocenters. The number of carbonyl (C=O) groups excluding carboxylic acids is 1. The zero-order valence-corrected chi connectivity index (χ0v) is 11.2. The van der Waals surface area contributed by atoms with Crippen molar-refractivity contribution in [2.45, 2.75) is 38.1 Å². The molecule has 0 N–H and O–H groups in total. The van der Waals surface area contributed by atoms with Crippen molar-refractivity contribution in [2.24, 2.45) is 5.92 Å². The largest absolute Gasteiger partial charge is 0.381 e. The number of likely N-dealkylation sites (tertiary alicyclic amines) is 1. The molecule has 0 spiro atoms. The number of rotatable bonds is 2. The van der Waals surface area contributed by atoms with Crippen LogP contribution >= 0.6 is 15.9 Å². The maximum absolute atomic E-state index is 12.3. The van der Waals surface area contributed by atoms with Gasteiger partial charge in [-0.1, -0.05) is 15.9 Å². The number of carbonyl (C=O) groups is 1. The monoisotopic (exact) mass is 289 g/mol. The lowest BCUT2D eigenvalue weighted by atomic mass is 9.96. The van der Waals surface area contributed by atoms with Crippen molar-refractivity contribution in [3.63, 3.8) is 0 Å². The number of nitrogens with zero attached hydrogens (tertiary/aromatic N) is 1. The second-order valence-electron chi connectivity index (χ2n) is 4.75. The Morgan fingerprint density at radius 2 is 2.19 bits per heavy atom. The molecule has 0 aliphatic carbocycles. The molecule has 2 fully saturated rings. The predicted molar refractivity (Wildman–Crippen MR) is 66.7 cm³/mol. The number of alkyl halides is 1. The van der Waals surface area contributed by atoms with Gasteiger partial charge in [0.05, 0.1) is 12.5 Å². The maximum atomic E-state index is 12.3. The van der Waals surface area contributed by atoms with Crippen LogP contribution in [0.3, 0.4) is 0 Å². The van der Waals surface area contributed by atoms with Crippen LogP contribution in [0.1, 0.15) is 32.1 Å². The number of ether oxygens (including phenoxy) is 1. The molecule has 4 heteroatoms. The summed E-state index contributed by atoms with van der Waals surface area (Å²) in [6, 6.07) is 0.406. The minimum atomic E-state index is 0.119. The lowest BCUT2D eigenvalue weighted by Crippen LogP contribution is -2.48. The van der Waals surface area contributed by atoms with E-state index in [-0.39, 0.29) is 5.92 Å². The van der Waals surface area contributed by atoms with Gasteiger partial charge in [-0.3, -0.25) is 4.79 Å². The van der Waals surface area contributed by atoms with Gasteiger partial charge in [0.2, 0.25) is 5.91 Å². The Kier molecular flexibility index (Phi) is 4.65. The highest BCUT2D eigenvalue weighted by Crippen LogP contribution is 2.24. The molecule has 2 heterocycles. The van der Waals surface area contributed by atoms with Crippen molar-refractivity contribution in [1.29, 1.82) is 0 Å². The molecule has 2 rings (SSSR count). The van der Waals surface area contributed by atoms with E-state index in [9.17, 15) is 4.79 Å². The van der Waals surface area contributed by atoms with Gasteiger partial charge in [0.25, 0.3) is 0 Å². The summed E-state index contributed by atoms with van der Waals surface area (Å²) < 4.78 is 5.40. The van der Waals surface area contributed by atoms with Gasteiger partial charge in [0.15, 0.2) is 0 Å². The van der Waals surface area contributed by atoms with Gasteiger partial charge in [-0.2, -0.15) is 0 Å². The zero-order valence-electron chi connectivity index (χ0n) is 9.66. The SMILES string of the molecule is O=C(C1CCCOC1)N1CCCCC1CBr. The quantitative estimate of drug-likeness (QED) is 0.730. The van der Waals surface area contributed by atoms with Crippen molar-refractivity contribution >= 4 is 21.8 Å². The Hall–Kier alpha value is -0.0900. The van der Waals surface area contributed by atoms with Gasteiger partial charge < -0.3 is 9.64 Å². The lowest BCUT2D eigenvalue weighted by Gasteiger charge is -2.37. The number of hydrogen-bond acceptors (Lipinski definition) is 2. The highest BCUT2D eigenvalue weighted by molar-refractivity contribution is 9.09. The minimum absolute atomic E-state index is 0.119. The first-order valence-electron chi connectivity index (χ1n) is 6.27. The number of hydrogen-bond donors (Lipinski definition) is 0. The standard InChI is InChI=1S/C12H20BrNO2/c13-8-11-5-1-2-6-14(11)12(15)10-4-3-7-16-9-10/h10-11H,1-9H2. The van der Waals surface area contributed by atoms with Gasteiger partial charge in [-0.25, -0.2) is 0 Å². The van der Waals surface area contributed by atoms with Crippen LogP contribution in [0, 0.1) is 5.92 Å². The molecule has 0 radical (unpaired) electrons. The Balaban J connectivity index is 1.95. The van der Waals surface area contributed by atoms with Crippen LogP contribution in [-0.2, 0) is 9.53 Å². The highest BCUT2D eigenvalue weighted by atomic mass is 79.9. The first kappa shape index (κ1) is 12.4. The zero-order chi connectivity index (χ0) is 11.4. The molecule has 2 aliphatic heterocycles. The fourth-order valence-electron chi connectivity index (χ4n) is 2.62. The van der Waals surface area contributed by atoms with Gasteiger partial charge in [0, 0.05) is 24.5 Å². The molecule has 0 saturated carbocycles. The van der Waals surface area contributed by atoms with E-state index in [1.165, 1.54) is 6.42 Å². The van der Waals surface area contributed by atoms with E-state index in [0.29, 0.717) is 18.6 Å². The van der Waals surface area contributed by atoms with E-state index < -0.39 is 0 Å².